The van der Waals surface area contributed by atoms with E-state index in [1.165, 1.54) is 12.1 Å². The van der Waals surface area contributed by atoms with Crippen molar-refractivity contribution < 1.29 is 17.6 Å². The Kier molecular flexibility index (Phi) is 4.66. The van der Waals surface area contributed by atoms with Gasteiger partial charge in [0.25, 0.3) is 5.91 Å². The van der Waals surface area contributed by atoms with Crippen LogP contribution in [0.3, 0.4) is 0 Å². The lowest BCUT2D eigenvalue weighted by Crippen LogP contribution is -2.26. The third kappa shape index (κ3) is 4.31. The van der Waals surface area contributed by atoms with Gasteiger partial charge in [-0.1, -0.05) is 0 Å². The molecule has 2 aromatic rings. The van der Waals surface area contributed by atoms with Crippen LogP contribution in [-0.4, -0.2) is 25.9 Å². The number of hydrogen-bond donors (Lipinski definition) is 2. The zero-order valence-electron chi connectivity index (χ0n) is 10.7. The molecule has 9 heteroatoms. The molecule has 2 rings (SSSR count). The SMILES string of the molecule is NS(=O)(=O)c1ccc(CCNC(=O)c2ccc(F)cn2)s1. The minimum absolute atomic E-state index is 0.0871. The van der Waals surface area contributed by atoms with E-state index in [1.807, 2.05) is 0 Å². The van der Waals surface area contributed by atoms with Gasteiger partial charge in [0.05, 0.1) is 6.20 Å². The van der Waals surface area contributed by atoms with Crippen LogP contribution in [0.5, 0.6) is 0 Å². The molecule has 0 atom stereocenters. The average molecular weight is 329 g/mol. The Labute approximate surface area is 124 Å². The van der Waals surface area contributed by atoms with Crippen LogP contribution < -0.4 is 10.5 Å². The summed E-state index contributed by atoms with van der Waals surface area (Å²) in [6.07, 6.45) is 1.43. The smallest absolute Gasteiger partial charge is 0.269 e. The number of aromatic nitrogens is 1. The van der Waals surface area contributed by atoms with Gasteiger partial charge in [0.2, 0.25) is 10.0 Å². The predicted molar refractivity (Wildman–Crippen MR) is 75.9 cm³/mol. The molecule has 21 heavy (non-hydrogen) atoms. The molecule has 2 heterocycles. The van der Waals surface area contributed by atoms with Gasteiger partial charge < -0.3 is 5.32 Å². The number of nitrogens with two attached hydrogens (primary N) is 1. The molecule has 6 nitrogen and oxygen atoms in total. The first-order chi connectivity index (χ1) is 9.86. The van der Waals surface area contributed by atoms with Crippen LogP contribution in [0.25, 0.3) is 0 Å². The van der Waals surface area contributed by atoms with Crippen molar-refractivity contribution in [2.75, 3.05) is 6.54 Å². The molecule has 1 amide bonds. The van der Waals surface area contributed by atoms with E-state index in [0.29, 0.717) is 13.0 Å². The van der Waals surface area contributed by atoms with Crippen molar-refractivity contribution >= 4 is 27.3 Å². The number of nitrogens with zero attached hydrogens (tertiary/aromatic N) is 1. The number of thiophene rings is 1. The molecule has 0 aliphatic rings. The van der Waals surface area contributed by atoms with Gasteiger partial charge in [-0.2, -0.15) is 0 Å². The minimum atomic E-state index is -3.68. The minimum Gasteiger partial charge on any atom is -0.350 e. The fourth-order valence-electron chi connectivity index (χ4n) is 1.55. The molecular weight excluding hydrogens is 317 g/mol. The van der Waals surface area contributed by atoms with Crippen LogP contribution in [-0.2, 0) is 16.4 Å². The topological polar surface area (TPSA) is 102 Å². The van der Waals surface area contributed by atoms with Crippen molar-refractivity contribution in [2.24, 2.45) is 5.14 Å². The van der Waals surface area contributed by atoms with Gasteiger partial charge in [-0.05, 0) is 30.7 Å². The maximum atomic E-state index is 12.7. The summed E-state index contributed by atoms with van der Waals surface area (Å²) >= 11 is 1.06. The van der Waals surface area contributed by atoms with E-state index in [9.17, 15) is 17.6 Å². The largest absolute Gasteiger partial charge is 0.350 e. The lowest BCUT2D eigenvalue weighted by Gasteiger charge is -2.03. The third-order valence-corrected chi connectivity index (χ3v) is 5.12. The number of sulfonamides is 1. The van der Waals surface area contributed by atoms with Crippen LogP contribution in [0.2, 0.25) is 0 Å². The number of hydrogen-bond acceptors (Lipinski definition) is 5. The Morgan fingerprint density at radius 1 is 1.33 bits per heavy atom. The van der Waals surface area contributed by atoms with E-state index in [0.717, 1.165) is 28.5 Å². The summed E-state index contributed by atoms with van der Waals surface area (Å²) in [4.78, 5) is 16.1. The lowest BCUT2D eigenvalue weighted by molar-refractivity contribution is 0.0949. The van der Waals surface area contributed by atoms with Gasteiger partial charge in [-0.15, -0.1) is 11.3 Å². The number of carbonyl (C=O) groups excluding carboxylic acids is 1. The van der Waals surface area contributed by atoms with E-state index in [4.69, 9.17) is 5.14 Å². The second-order valence-electron chi connectivity index (χ2n) is 4.13. The van der Waals surface area contributed by atoms with Gasteiger partial charge in [-0.25, -0.2) is 22.9 Å². The summed E-state index contributed by atoms with van der Waals surface area (Å²) < 4.78 is 35.0. The molecule has 0 unspecified atom stereocenters. The van der Waals surface area contributed by atoms with Crippen molar-refractivity contribution in [3.8, 4) is 0 Å². The second kappa shape index (κ2) is 6.29. The molecule has 0 radical (unpaired) electrons. The number of pyridine rings is 1. The number of amides is 1. The highest BCUT2D eigenvalue weighted by Gasteiger charge is 2.11. The first-order valence-electron chi connectivity index (χ1n) is 5.87. The van der Waals surface area contributed by atoms with Gasteiger partial charge in [0, 0.05) is 11.4 Å². The average Bonchev–Trinajstić information content (AvgIpc) is 2.88. The van der Waals surface area contributed by atoms with Crippen molar-refractivity contribution in [1.29, 1.82) is 0 Å². The summed E-state index contributed by atoms with van der Waals surface area (Å²) in [6, 6.07) is 5.51. The Morgan fingerprint density at radius 2 is 2.10 bits per heavy atom. The van der Waals surface area contributed by atoms with E-state index in [2.05, 4.69) is 10.3 Å². The molecule has 0 aliphatic heterocycles. The first-order valence-corrected chi connectivity index (χ1v) is 8.24. The molecule has 3 N–H and O–H groups in total. The molecule has 0 aliphatic carbocycles. The fraction of sp³-hybridized carbons (Fsp3) is 0.167. The van der Waals surface area contributed by atoms with Crippen molar-refractivity contribution in [3.05, 3.63) is 46.9 Å². The van der Waals surface area contributed by atoms with Crippen LogP contribution in [0.1, 0.15) is 15.4 Å². The molecule has 0 aromatic carbocycles. The summed E-state index contributed by atoms with van der Waals surface area (Å²) in [5.74, 6) is -0.932. The van der Waals surface area contributed by atoms with E-state index in [-0.39, 0.29) is 9.90 Å². The van der Waals surface area contributed by atoms with Crippen LogP contribution in [0, 0.1) is 5.82 Å². The quantitative estimate of drug-likeness (QED) is 0.851. The standard InChI is InChI=1S/C12H12FN3O3S2/c13-8-1-3-10(16-7-8)12(17)15-6-5-9-2-4-11(20-9)21(14,18)19/h1-4,7H,5-6H2,(H,15,17)(H2,14,18,19). The number of halogens is 1. The second-order valence-corrected chi connectivity index (χ2v) is 7.09. The third-order valence-electron chi connectivity index (χ3n) is 2.53. The number of rotatable bonds is 5. The molecule has 0 saturated heterocycles. The Balaban J connectivity index is 1.88. The molecular formula is C12H12FN3O3S2. The number of primary sulfonamides is 1. The van der Waals surface area contributed by atoms with Gasteiger partial charge >= 0.3 is 0 Å². The van der Waals surface area contributed by atoms with E-state index in [1.54, 1.807) is 6.07 Å². The highest BCUT2D eigenvalue weighted by molar-refractivity contribution is 7.91. The van der Waals surface area contributed by atoms with E-state index < -0.39 is 21.7 Å². The van der Waals surface area contributed by atoms with Crippen LogP contribution in [0.4, 0.5) is 4.39 Å². The predicted octanol–water partition coefficient (Wildman–Crippen LogP) is 0.902. The summed E-state index contributed by atoms with van der Waals surface area (Å²) in [7, 11) is -3.68. The zero-order chi connectivity index (χ0) is 15.5. The van der Waals surface area contributed by atoms with E-state index >= 15 is 0 Å². The van der Waals surface area contributed by atoms with Crippen molar-refractivity contribution in [1.82, 2.24) is 10.3 Å². The summed E-state index contributed by atoms with van der Waals surface area (Å²) in [5.41, 5.74) is 0.118. The van der Waals surface area contributed by atoms with Gasteiger partial charge in [0.15, 0.2) is 0 Å². The maximum Gasteiger partial charge on any atom is 0.269 e. The monoisotopic (exact) mass is 329 g/mol. The van der Waals surface area contributed by atoms with Gasteiger partial charge in [-0.3, -0.25) is 4.79 Å². The highest BCUT2D eigenvalue weighted by atomic mass is 32.2. The molecule has 0 bridgehead atoms. The highest BCUT2D eigenvalue weighted by Crippen LogP contribution is 2.20. The zero-order valence-corrected chi connectivity index (χ0v) is 12.4. The lowest BCUT2D eigenvalue weighted by atomic mass is 10.3. The van der Waals surface area contributed by atoms with Crippen LogP contribution >= 0.6 is 11.3 Å². The first kappa shape index (κ1) is 15.5. The fourth-order valence-corrected chi connectivity index (χ4v) is 3.32. The van der Waals surface area contributed by atoms with Gasteiger partial charge in [0.1, 0.15) is 15.7 Å². The Bertz CT molecular complexity index is 741. The number of nitrogens with one attached hydrogen (secondary N) is 1. The Hall–Kier alpha value is -1.84. The van der Waals surface area contributed by atoms with Crippen molar-refractivity contribution in [2.45, 2.75) is 10.6 Å². The molecule has 0 spiro atoms. The molecule has 0 saturated carbocycles. The Morgan fingerprint density at radius 3 is 2.67 bits per heavy atom. The van der Waals surface area contributed by atoms with Crippen molar-refractivity contribution in [3.63, 3.8) is 0 Å². The summed E-state index contributed by atoms with van der Waals surface area (Å²) in [5, 5.41) is 7.63. The van der Waals surface area contributed by atoms with Crippen LogP contribution in [0.15, 0.2) is 34.7 Å². The maximum absolute atomic E-state index is 12.7. The molecule has 0 fully saturated rings. The normalized spacial score (nSPS) is 11.3. The molecule has 112 valence electrons. The number of carbonyl (C=O) groups is 1. The summed E-state index contributed by atoms with van der Waals surface area (Å²) in [6.45, 7) is 0.308. The molecule has 2 aromatic heterocycles.